The average molecular weight is 292 g/mol. The maximum atomic E-state index is 12.5. The Morgan fingerprint density at radius 3 is 2.95 bits per heavy atom. The van der Waals surface area contributed by atoms with Gasteiger partial charge in [0.25, 0.3) is 5.91 Å². The first kappa shape index (κ1) is 13.7. The van der Waals surface area contributed by atoms with Crippen molar-refractivity contribution < 1.29 is 23.8 Å². The third-order valence-corrected chi connectivity index (χ3v) is 3.71. The van der Waals surface area contributed by atoms with Crippen LogP contribution in [-0.2, 0) is 4.74 Å². The second-order valence-electron chi connectivity index (χ2n) is 5.01. The van der Waals surface area contributed by atoms with E-state index in [1.807, 2.05) is 6.92 Å². The van der Waals surface area contributed by atoms with Crippen LogP contribution in [0.2, 0.25) is 0 Å². The molecule has 0 radical (unpaired) electrons. The molecule has 7 nitrogen and oxygen atoms in total. The Bertz CT molecular complexity index is 655. The van der Waals surface area contributed by atoms with Crippen LogP contribution in [0.4, 0.5) is 0 Å². The average Bonchev–Trinajstić information content (AvgIpc) is 3.05. The Hall–Kier alpha value is -2.28. The highest BCUT2D eigenvalue weighted by molar-refractivity contribution is 5.98. The summed E-state index contributed by atoms with van der Waals surface area (Å²) in [6.45, 7) is 3.59. The first-order valence-corrected chi connectivity index (χ1v) is 6.84. The zero-order chi connectivity index (χ0) is 15.0. The molecule has 1 fully saturated rings. The molecule has 1 aliphatic rings. The van der Waals surface area contributed by atoms with Crippen LogP contribution in [0, 0.1) is 0 Å². The Morgan fingerprint density at radius 1 is 1.48 bits per heavy atom. The monoisotopic (exact) mass is 292 g/mol. The predicted molar refractivity (Wildman–Crippen MR) is 73.5 cm³/mol. The predicted octanol–water partition coefficient (Wildman–Crippen LogP) is 1.71. The van der Waals surface area contributed by atoms with Gasteiger partial charge >= 0.3 is 5.97 Å². The van der Waals surface area contributed by atoms with Crippen molar-refractivity contribution >= 4 is 23.0 Å². The van der Waals surface area contributed by atoms with Crippen molar-refractivity contribution in [3.05, 3.63) is 23.6 Å². The van der Waals surface area contributed by atoms with E-state index in [9.17, 15) is 9.59 Å². The number of hydrogen-bond acceptors (Lipinski definition) is 4. The summed E-state index contributed by atoms with van der Waals surface area (Å²) in [6.07, 6.45) is 0.813. The van der Waals surface area contributed by atoms with E-state index in [1.165, 1.54) is 6.07 Å². The third kappa shape index (κ3) is 2.40. The van der Waals surface area contributed by atoms with E-state index in [2.05, 4.69) is 4.98 Å². The molecule has 2 N–H and O–H groups in total. The summed E-state index contributed by atoms with van der Waals surface area (Å²) >= 11 is 0. The van der Waals surface area contributed by atoms with Gasteiger partial charge in [0.05, 0.1) is 24.8 Å². The molecule has 1 atom stereocenters. The van der Waals surface area contributed by atoms with Crippen molar-refractivity contribution in [2.75, 3.05) is 19.8 Å². The van der Waals surface area contributed by atoms with E-state index in [1.54, 1.807) is 11.0 Å². The van der Waals surface area contributed by atoms with Crippen molar-refractivity contribution in [3.63, 3.8) is 0 Å². The fraction of sp³-hybridized carbons (Fsp3) is 0.429. The first-order chi connectivity index (χ1) is 10.1. The molecular weight excluding hydrogens is 276 g/mol. The first-order valence-electron chi connectivity index (χ1n) is 6.84. The molecule has 1 saturated heterocycles. The second-order valence-corrected chi connectivity index (χ2v) is 5.01. The van der Waals surface area contributed by atoms with Crippen LogP contribution in [0.15, 0.2) is 16.5 Å². The number of carbonyl (C=O) groups is 2. The van der Waals surface area contributed by atoms with Gasteiger partial charge < -0.3 is 24.1 Å². The van der Waals surface area contributed by atoms with Crippen LogP contribution in [0.5, 0.6) is 0 Å². The molecule has 2 aromatic heterocycles. The van der Waals surface area contributed by atoms with Gasteiger partial charge in [0, 0.05) is 18.7 Å². The summed E-state index contributed by atoms with van der Waals surface area (Å²) in [5.41, 5.74) is 0.926. The number of nitrogens with zero attached hydrogens (tertiary/aromatic N) is 1. The second kappa shape index (κ2) is 5.25. The van der Waals surface area contributed by atoms with Crippen molar-refractivity contribution in [2.45, 2.75) is 19.4 Å². The van der Waals surface area contributed by atoms with Gasteiger partial charge in [-0.25, -0.2) is 4.79 Å². The molecule has 1 amide bonds. The molecule has 7 heteroatoms. The maximum Gasteiger partial charge on any atom is 0.352 e. The highest BCUT2D eigenvalue weighted by Crippen LogP contribution is 2.23. The minimum absolute atomic E-state index is 0.0422. The third-order valence-electron chi connectivity index (χ3n) is 3.71. The standard InChI is InChI=1S/C14H16N2O5/c1-2-8-7-20-4-3-16(8)13(17)12-5-9-11(21-12)6-10(15-9)14(18)19/h5-6,8,15H,2-4,7H2,1H3,(H,18,19). The Labute approximate surface area is 120 Å². The topological polar surface area (TPSA) is 95.8 Å². The van der Waals surface area contributed by atoms with E-state index in [4.69, 9.17) is 14.3 Å². The van der Waals surface area contributed by atoms with Crippen LogP contribution in [-0.4, -0.2) is 52.7 Å². The molecule has 3 rings (SSSR count). The number of amides is 1. The molecule has 0 saturated carbocycles. The van der Waals surface area contributed by atoms with E-state index >= 15 is 0 Å². The smallest absolute Gasteiger partial charge is 0.352 e. The number of carboxylic acids is 1. The number of aromatic carboxylic acids is 1. The van der Waals surface area contributed by atoms with E-state index < -0.39 is 5.97 Å². The fourth-order valence-electron chi connectivity index (χ4n) is 2.54. The molecule has 0 aliphatic carbocycles. The maximum absolute atomic E-state index is 12.5. The lowest BCUT2D eigenvalue weighted by atomic mass is 10.1. The lowest BCUT2D eigenvalue weighted by molar-refractivity contribution is -0.00423. The number of aromatic amines is 1. The van der Waals surface area contributed by atoms with E-state index in [0.29, 0.717) is 30.9 Å². The number of morpholine rings is 1. The summed E-state index contributed by atoms with van der Waals surface area (Å²) in [5, 5.41) is 8.89. The number of carbonyl (C=O) groups excluding carboxylic acids is 1. The van der Waals surface area contributed by atoms with E-state index in [0.717, 1.165) is 6.42 Å². The number of hydrogen-bond donors (Lipinski definition) is 2. The highest BCUT2D eigenvalue weighted by Gasteiger charge is 2.29. The van der Waals surface area contributed by atoms with E-state index in [-0.39, 0.29) is 23.4 Å². The molecule has 21 heavy (non-hydrogen) atoms. The van der Waals surface area contributed by atoms with Gasteiger partial charge in [-0.2, -0.15) is 0 Å². The number of carboxylic acid groups (broad SMARTS) is 1. The normalized spacial score (nSPS) is 19.1. The zero-order valence-electron chi connectivity index (χ0n) is 11.6. The van der Waals surface area contributed by atoms with Gasteiger partial charge in [-0.3, -0.25) is 4.79 Å². The fourth-order valence-corrected chi connectivity index (χ4v) is 2.54. The molecule has 0 spiro atoms. The number of H-pyrrole nitrogens is 1. The minimum Gasteiger partial charge on any atom is -0.477 e. The molecular formula is C14H16N2O5. The van der Waals surface area contributed by atoms with Crippen molar-refractivity contribution in [2.24, 2.45) is 0 Å². The summed E-state index contributed by atoms with van der Waals surface area (Å²) in [4.78, 5) is 27.8. The molecule has 1 aliphatic heterocycles. The van der Waals surface area contributed by atoms with Gasteiger partial charge in [-0.1, -0.05) is 6.92 Å². The van der Waals surface area contributed by atoms with Crippen LogP contribution >= 0.6 is 0 Å². The van der Waals surface area contributed by atoms with Crippen LogP contribution < -0.4 is 0 Å². The van der Waals surface area contributed by atoms with Crippen molar-refractivity contribution in [1.82, 2.24) is 9.88 Å². The molecule has 1 unspecified atom stereocenters. The van der Waals surface area contributed by atoms with Gasteiger partial charge in [0.1, 0.15) is 5.69 Å². The largest absolute Gasteiger partial charge is 0.477 e. The van der Waals surface area contributed by atoms with Gasteiger partial charge in [0.2, 0.25) is 0 Å². The molecule has 0 aromatic carbocycles. The number of aromatic nitrogens is 1. The Balaban J connectivity index is 1.87. The highest BCUT2D eigenvalue weighted by atomic mass is 16.5. The molecule has 0 bridgehead atoms. The lowest BCUT2D eigenvalue weighted by Crippen LogP contribution is -2.48. The lowest BCUT2D eigenvalue weighted by Gasteiger charge is -2.34. The van der Waals surface area contributed by atoms with Gasteiger partial charge in [0.15, 0.2) is 11.3 Å². The zero-order valence-corrected chi connectivity index (χ0v) is 11.6. The molecule has 2 aromatic rings. The summed E-state index contributed by atoms with van der Waals surface area (Å²) < 4.78 is 10.9. The van der Waals surface area contributed by atoms with Crippen LogP contribution in [0.25, 0.3) is 11.1 Å². The number of furan rings is 1. The quantitative estimate of drug-likeness (QED) is 0.897. The summed E-state index contributed by atoms with van der Waals surface area (Å²) in [5.74, 6) is -1.03. The SMILES string of the molecule is CCC1COCCN1C(=O)c1cc2[nH]c(C(=O)O)cc2o1. The van der Waals surface area contributed by atoms with Crippen molar-refractivity contribution in [3.8, 4) is 0 Å². The number of rotatable bonds is 3. The summed E-state index contributed by atoms with van der Waals surface area (Å²) in [6, 6.07) is 2.97. The number of ether oxygens (including phenoxy) is 1. The minimum atomic E-state index is -1.06. The van der Waals surface area contributed by atoms with Gasteiger partial charge in [-0.05, 0) is 6.42 Å². The Kier molecular flexibility index (Phi) is 3.42. The number of fused-ring (bicyclic) bond motifs is 1. The molecule has 112 valence electrons. The Morgan fingerprint density at radius 2 is 2.29 bits per heavy atom. The molecule has 3 heterocycles. The number of nitrogens with one attached hydrogen (secondary N) is 1. The van der Waals surface area contributed by atoms with Crippen LogP contribution in [0.1, 0.15) is 34.4 Å². The van der Waals surface area contributed by atoms with Gasteiger partial charge in [-0.15, -0.1) is 0 Å². The van der Waals surface area contributed by atoms with Crippen LogP contribution in [0.3, 0.4) is 0 Å². The summed E-state index contributed by atoms with van der Waals surface area (Å²) in [7, 11) is 0. The van der Waals surface area contributed by atoms with Crippen molar-refractivity contribution in [1.29, 1.82) is 0 Å².